The summed E-state index contributed by atoms with van der Waals surface area (Å²) in [5, 5.41) is 0.469. The van der Waals surface area contributed by atoms with Crippen molar-refractivity contribution in [2.24, 2.45) is 10.8 Å². The van der Waals surface area contributed by atoms with Crippen LogP contribution in [0.1, 0.15) is 41.5 Å². The van der Waals surface area contributed by atoms with E-state index in [-0.39, 0.29) is 21.9 Å². The summed E-state index contributed by atoms with van der Waals surface area (Å²) in [5.41, 5.74) is -0.694. The normalized spacial score (nSPS) is 40.5. The lowest BCUT2D eigenvalue weighted by molar-refractivity contribution is -0.210. The Labute approximate surface area is 96.1 Å². The minimum atomic E-state index is -0.347. The molecule has 86 valence electrons. The van der Waals surface area contributed by atoms with Gasteiger partial charge in [-0.25, -0.2) is 0 Å². The SMILES string of the molecule is C[C@@H]1OC2(S[C@H]1C)C(C)(C)C(=O)C2(C)C. The molecule has 0 aromatic rings. The van der Waals surface area contributed by atoms with Crippen molar-refractivity contribution in [3.8, 4) is 0 Å². The number of hydrogen-bond donors (Lipinski definition) is 0. The summed E-state index contributed by atoms with van der Waals surface area (Å²) < 4.78 is 6.14. The van der Waals surface area contributed by atoms with Gasteiger partial charge in [-0.05, 0) is 34.6 Å². The molecule has 2 fully saturated rings. The number of Topliss-reactive ketones (excluding diaryl/α,β-unsaturated/α-hetero) is 1. The van der Waals surface area contributed by atoms with E-state index in [4.69, 9.17) is 4.74 Å². The van der Waals surface area contributed by atoms with Gasteiger partial charge in [-0.1, -0.05) is 6.92 Å². The van der Waals surface area contributed by atoms with Crippen molar-refractivity contribution in [1.29, 1.82) is 0 Å². The Morgan fingerprint density at radius 3 is 1.93 bits per heavy atom. The van der Waals surface area contributed by atoms with Crippen molar-refractivity contribution in [1.82, 2.24) is 0 Å². The predicted octanol–water partition coefficient (Wildman–Crippen LogP) is 2.86. The van der Waals surface area contributed by atoms with Gasteiger partial charge < -0.3 is 4.74 Å². The maximum Gasteiger partial charge on any atom is 0.151 e. The van der Waals surface area contributed by atoms with Gasteiger partial charge in [0.15, 0.2) is 5.78 Å². The summed E-state index contributed by atoms with van der Waals surface area (Å²) in [6.45, 7) is 12.3. The topological polar surface area (TPSA) is 26.3 Å². The number of ether oxygens (including phenoxy) is 1. The molecule has 0 N–H and O–H groups in total. The van der Waals surface area contributed by atoms with Gasteiger partial charge in [0.1, 0.15) is 4.93 Å². The van der Waals surface area contributed by atoms with E-state index in [9.17, 15) is 4.79 Å². The smallest absolute Gasteiger partial charge is 0.151 e. The Morgan fingerprint density at radius 2 is 1.60 bits per heavy atom. The minimum absolute atomic E-state index is 0.238. The molecular formula is C12H20O2S. The first kappa shape index (κ1) is 11.5. The zero-order valence-corrected chi connectivity index (χ0v) is 11.2. The Morgan fingerprint density at radius 1 is 1.13 bits per heavy atom. The Kier molecular flexibility index (Phi) is 2.14. The summed E-state index contributed by atoms with van der Waals surface area (Å²) in [4.78, 5) is 11.8. The van der Waals surface area contributed by atoms with E-state index >= 15 is 0 Å². The molecule has 2 rings (SSSR count). The van der Waals surface area contributed by atoms with E-state index in [0.29, 0.717) is 11.0 Å². The highest BCUT2D eigenvalue weighted by molar-refractivity contribution is 8.01. The molecule has 1 aliphatic heterocycles. The average Bonchev–Trinajstić information content (AvgIpc) is 2.44. The molecule has 1 spiro atoms. The maximum absolute atomic E-state index is 12.1. The standard InChI is InChI=1S/C12H20O2S/c1-7-8(2)15-12(14-7)10(3,4)9(13)11(12,5)6/h7-8H,1-6H3/t7-,8-/m0/s1. The van der Waals surface area contributed by atoms with Crippen LogP contribution in [0.3, 0.4) is 0 Å². The number of carbonyl (C=O) groups is 1. The van der Waals surface area contributed by atoms with Crippen LogP contribution >= 0.6 is 11.8 Å². The molecule has 0 aromatic carbocycles. The number of rotatable bonds is 0. The highest BCUT2D eigenvalue weighted by atomic mass is 32.2. The van der Waals surface area contributed by atoms with Crippen molar-refractivity contribution in [3.63, 3.8) is 0 Å². The minimum Gasteiger partial charge on any atom is -0.358 e. The van der Waals surface area contributed by atoms with Crippen LogP contribution in [0.4, 0.5) is 0 Å². The van der Waals surface area contributed by atoms with Gasteiger partial charge in [0.05, 0.1) is 16.9 Å². The van der Waals surface area contributed by atoms with E-state index in [1.807, 2.05) is 39.5 Å². The van der Waals surface area contributed by atoms with Crippen LogP contribution in [0.2, 0.25) is 0 Å². The van der Waals surface area contributed by atoms with Gasteiger partial charge in [-0.15, -0.1) is 11.8 Å². The van der Waals surface area contributed by atoms with Crippen LogP contribution in [0.5, 0.6) is 0 Å². The monoisotopic (exact) mass is 228 g/mol. The molecule has 0 unspecified atom stereocenters. The second kappa shape index (κ2) is 2.80. The van der Waals surface area contributed by atoms with E-state index in [2.05, 4.69) is 13.8 Å². The highest BCUT2D eigenvalue weighted by Crippen LogP contribution is 2.69. The van der Waals surface area contributed by atoms with Crippen LogP contribution in [-0.4, -0.2) is 22.1 Å². The largest absolute Gasteiger partial charge is 0.358 e. The lowest BCUT2D eigenvalue weighted by Gasteiger charge is -2.62. The maximum atomic E-state index is 12.1. The molecule has 0 radical (unpaired) electrons. The summed E-state index contributed by atoms with van der Waals surface area (Å²) in [5.74, 6) is 0.323. The third-order valence-electron chi connectivity index (χ3n) is 4.15. The van der Waals surface area contributed by atoms with Gasteiger partial charge in [-0.2, -0.15) is 0 Å². The second-order valence-electron chi connectivity index (χ2n) is 5.84. The molecule has 2 aliphatic rings. The molecule has 1 heterocycles. The molecular weight excluding hydrogens is 208 g/mol. The first-order valence-electron chi connectivity index (χ1n) is 5.57. The zero-order valence-electron chi connectivity index (χ0n) is 10.4. The first-order chi connectivity index (χ1) is 6.67. The third-order valence-corrected chi connectivity index (χ3v) is 6.35. The summed E-state index contributed by atoms with van der Waals surface area (Å²) >= 11 is 1.84. The molecule has 3 heteroatoms. The van der Waals surface area contributed by atoms with Crippen molar-refractivity contribution in [2.45, 2.75) is 57.8 Å². The van der Waals surface area contributed by atoms with E-state index in [1.54, 1.807) is 0 Å². The number of thioether (sulfide) groups is 1. The van der Waals surface area contributed by atoms with Crippen molar-refractivity contribution in [2.75, 3.05) is 0 Å². The Hall–Kier alpha value is -0.0200. The van der Waals surface area contributed by atoms with Crippen molar-refractivity contribution < 1.29 is 9.53 Å². The molecule has 0 aromatic heterocycles. The molecule has 2 nitrogen and oxygen atoms in total. The van der Waals surface area contributed by atoms with E-state index in [0.717, 1.165) is 0 Å². The quantitative estimate of drug-likeness (QED) is 0.637. The van der Waals surface area contributed by atoms with Gasteiger partial charge in [0.25, 0.3) is 0 Å². The molecule has 2 atom stereocenters. The zero-order chi connectivity index (χ0) is 11.6. The fraction of sp³-hybridized carbons (Fsp3) is 0.917. The number of carbonyl (C=O) groups excluding carboxylic acids is 1. The van der Waals surface area contributed by atoms with E-state index in [1.165, 1.54) is 0 Å². The lowest BCUT2D eigenvalue weighted by atomic mass is 9.51. The molecule has 15 heavy (non-hydrogen) atoms. The summed E-state index contributed by atoms with van der Waals surface area (Å²) in [6, 6.07) is 0. The van der Waals surface area contributed by atoms with Crippen LogP contribution in [0.25, 0.3) is 0 Å². The molecule has 1 saturated heterocycles. The average molecular weight is 228 g/mol. The van der Waals surface area contributed by atoms with Crippen molar-refractivity contribution in [3.05, 3.63) is 0 Å². The summed E-state index contributed by atoms with van der Waals surface area (Å²) in [6.07, 6.45) is 0.238. The first-order valence-corrected chi connectivity index (χ1v) is 6.45. The van der Waals surface area contributed by atoms with Crippen molar-refractivity contribution >= 4 is 17.5 Å². The molecule has 0 amide bonds. The summed E-state index contributed by atoms with van der Waals surface area (Å²) in [7, 11) is 0. The van der Waals surface area contributed by atoms with Gasteiger partial charge in [-0.3, -0.25) is 4.79 Å². The fourth-order valence-corrected chi connectivity index (χ4v) is 4.88. The molecule has 1 saturated carbocycles. The highest BCUT2D eigenvalue weighted by Gasteiger charge is 2.76. The second-order valence-corrected chi connectivity index (χ2v) is 7.40. The Bertz CT molecular complexity index is 290. The van der Waals surface area contributed by atoms with Gasteiger partial charge in [0, 0.05) is 5.25 Å². The van der Waals surface area contributed by atoms with Crippen LogP contribution in [-0.2, 0) is 9.53 Å². The predicted molar refractivity (Wildman–Crippen MR) is 62.9 cm³/mol. The molecule has 0 bridgehead atoms. The lowest BCUT2D eigenvalue weighted by Crippen LogP contribution is -2.72. The Balaban J connectivity index is 2.41. The fourth-order valence-electron chi connectivity index (χ4n) is 3.13. The number of ketones is 1. The van der Waals surface area contributed by atoms with Crippen LogP contribution in [0, 0.1) is 10.8 Å². The third kappa shape index (κ3) is 1.04. The van der Waals surface area contributed by atoms with Crippen LogP contribution in [0.15, 0.2) is 0 Å². The molecule has 1 aliphatic carbocycles. The van der Waals surface area contributed by atoms with Crippen LogP contribution < -0.4 is 0 Å². The number of hydrogen-bond acceptors (Lipinski definition) is 3. The van der Waals surface area contributed by atoms with Gasteiger partial charge in [0.2, 0.25) is 0 Å². The van der Waals surface area contributed by atoms with Gasteiger partial charge >= 0.3 is 0 Å². The van der Waals surface area contributed by atoms with E-state index < -0.39 is 0 Å².